The Morgan fingerprint density at radius 3 is 1.80 bits per heavy atom. The molecule has 0 aromatic heterocycles. The van der Waals surface area contributed by atoms with Crippen LogP contribution in [-0.2, 0) is 19.2 Å². The van der Waals surface area contributed by atoms with E-state index in [1.54, 1.807) is 0 Å². The summed E-state index contributed by atoms with van der Waals surface area (Å²) in [5.41, 5.74) is 5.93. The van der Waals surface area contributed by atoms with Gasteiger partial charge in [0.15, 0.2) is 0 Å². The molecule has 0 saturated heterocycles. The highest BCUT2D eigenvalue weighted by atomic mass is 32.2. The van der Waals surface area contributed by atoms with E-state index in [9.17, 15) is 19.2 Å². The van der Waals surface area contributed by atoms with Gasteiger partial charge in [-0.05, 0) is 50.0 Å². The molecule has 0 aliphatic rings. The summed E-state index contributed by atoms with van der Waals surface area (Å²) in [5.74, 6) is -1.68. The highest BCUT2D eigenvalue weighted by Gasteiger charge is 2.29. The third-order valence-electron chi connectivity index (χ3n) is 4.38. The van der Waals surface area contributed by atoms with Crippen molar-refractivity contribution in [3.05, 3.63) is 0 Å². The zero-order valence-corrected chi connectivity index (χ0v) is 19.7. The number of aliphatic carboxylic acids is 1. The van der Waals surface area contributed by atoms with Gasteiger partial charge in [0.25, 0.3) is 0 Å². The third kappa shape index (κ3) is 11.4. The van der Waals surface area contributed by atoms with Crippen molar-refractivity contribution in [2.45, 2.75) is 78.0 Å². The molecule has 0 fully saturated rings. The molecule has 0 saturated carbocycles. The van der Waals surface area contributed by atoms with Crippen LogP contribution in [0.1, 0.15) is 53.9 Å². The largest absolute Gasteiger partial charge is 0.480 e. The van der Waals surface area contributed by atoms with E-state index in [1.807, 2.05) is 34.0 Å². The Bertz CT molecular complexity index is 586. The first kappa shape index (κ1) is 28.2. The van der Waals surface area contributed by atoms with Gasteiger partial charge < -0.3 is 26.8 Å². The zero-order chi connectivity index (χ0) is 23.4. The van der Waals surface area contributed by atoms with Crippen molar-refractivity contribution in [3.63, 3.8) is 0 Å². The molecule has 4 atom stereocenters. The molecule has 6 N–H and O–H groups in total. The Labute approximate surface area is 183 Å². The lowest BCUT2D eigenvalue weighted by Crippen LogP contribution is -2.57. The molecule has 0 aliphatic heterocycles. The molecule has 0 aromatic rings. The third-order valence-corrected chi connectivity index (χ3v) is 5.02. The number of carboxylic acids is 1. The first-order chi connectivity index (χ1) is 13.9. The van der Waals surface area contributed by atoms with Crippen molar-refractivity contribution >= 4 is 35.5 Å². The van der Waals surface area contributed by atoms with E-state index in [4.69, 9.17) is 10.8 Å². The van der Waals surface area contributed by atoms with E-state index in [-0.39, 0.29) is 11.8 Å². The van der Waals surface area contributed by atoms with Crippen LogP contribution in [0.2, 0.25) is 0 Å². The fraction of sp³-hybridized carbons (Fsp3) is 0.800. The van der Waals surface area contributed by atoms with Gasteiger partial charge in [-0.2, -0.15) is 11.8 Å². The van der Waals surface area contributed by atoms with Crippen LogP contribution in [0.15, 0.2) is 0 Å². The summed E-state index contributed by atoms with van der Waals surface area (Å²) in [6.07, 6.45) is 3.08. The van der Waals surface area contributed by atoms with E-state index >= 15 is 0 Å². The van der Waals surface area contributed by atoms with Gasteiger partial charge in [0.05, 0.1) is 6.04 Å². The van der Waals surface area contributed by atoms with Crippen LogP contribution in [0.5, 0.6) is 0 Å². The monoisotopic (exact) mass is 446 g/mol. The first-order valence-corrected chi connectivity index (χ1v) is 11.7. The van der Waals surface area contributed by atoms with Gasteiger partial charge in [0.1, 0.15) is 18.1 Å². The lowest BCUT2D eigenvalue weighted by Gasteiger charge is -2.26. The molecule has 0 radical (unpaired) electrons. The number of hydrogen-bond acceptors (Lipinski definition) is 6. The van der Waals surface area contributed by atoms with Crippen LogP contribution in [0.3, 0.4) is 0 Å². The quantitative estimate of drug-likeness (QED) is 0.264. The number of nitrogens with two attached hydrogens (primary N) is 1. The SMILES string of the molecule is CSCCC(NC(=O)C(CC(C)C)NC(=O)C(N)CC(C)C)C(=O)NC(C)C(=O)O. The second-order valence-corrected chi connectivity index (χ2v) is 9.32. The number of amides is 3. The van der Waals surface area contributed by atoms with E-state index < -0.39 is 47.9 Å². The predicted molar refractivity (Wildman–Crippen MR) is 119 cm³/mol. The molecular weight excluding hydrogens is 408 g/mol. The van der Waals surface area contributed by atoms with Gasteiger partial charge in [-0.1, -0.05) is 27.7 Å². The summed E-state index contributed by atoms with van der Waals surface area (Å²) >= 11 is 1.50. The van der Waals surface area contributed by atoms with Crippen LogP contribution in [-0.4, -0.2) is 65.0 Å². The van der Waals surface area contributed by atoms with Crippen LogP contribution in [0.4, 0.5) is 0 Å². The second kappa shape index (κ2) is 14.2. The lowest BCUT2D eigenvalue weighted by molar-refractivity contribution is -0.141. The van der Waals surface area contributed by atoms with Gasteiger partial charge in [-0.15, -0.1) is 0 Å². The van der Waals surface area contributed by atoms with Crippen molar-refractivity contribution in [2.24, 2.45) is 17.6 Å². The number of carbonyl (C=O) groups excluding carboxylic acids is 3. The van der Waals surface area contributed by atoms with Gasteiger partial charge in [0.2, 0.25) is 17.7 Å². The minimum atomic E-state index is -1.16. The van der Waals surface area contributed by atoms with Crippen molar-refractivity contribution < 1.29 is 24.3 Å². The average molecular weight is 447 g/mol. The number of carboxylic acid groups (broad SMARTS) is 1. The molecule has 0 aliphatic carbocycles. The molecule has 0 rings (SSSR count). The smallest absolute Gasteiger partial charge is 0.325 e. The molecular formula is C20H38N4O5S. The highest BCUT2D eigenvalue weighted by molar-refractivity contribution is 7.98. The molecule has 0 spiro atoms. The minimum Gasteiger partial charge on any atom is -0.480 e. The number of thioether (sulfide) groups is 1. The number of carbonyl (C=O) groups is 4. The first-order valence-electron chi connectivity index (χ1n) is 10.3. The Kier molecular flexibility index (Phi) is 13.4. The standard InChI is InChI=1S/C20H38N4O5S/c1-11(2)9-14(21)17(25)24-16(10-12(3)4)19(27)23-15(7-8-30-6)18(26)22-13(5)20(28)29/h11-16H,7-10,21H2,1-6H3,(H,22,26)(H,23,27)(H,24,25)(H,28,29). The number of hydrogen-bond donors (Lipinski definition) is 5. The van der Waals surface area contributed by atoms with Crippen molar-refractivity contribution in [2.75, 3.05) is 12.0 Å². The highest BCUT2D eigenvalue weighted by Crippen LogP contribution is 2.09. The van der Waals surface area contributed by atoms with Crippen molar-refractivity contribution in [1.82, 2.24) is 16.0 Å². The Balaban J connectivity index is 5.28. The maximum absolute atomic E-state index is 12.9. The van der Waals surface area contributed by atoms with Crippen LogP contribution in [0.25, 0.3) is 0 Å². The maximum Gasteiger partial charge on any atom is 0.325 e. The molecule has 4 unspecified atom stereocenters. The van der Waals surface area contributed by atoms with Gasteiger partial charge >= 0.3 is 5.97 Å². The van der Waals surface area contributed by atoms with Gasteiger partial charge in [-0.3, -0.25) is 19.2 Å². The molecule has 3 amide bonds. The summed E-state index contributed by atoms with van der Waals surface area (Å²) in [6, 6.07) is -3.54. The van der Waals surface area contributed by atoms with Gasteiger partial charge in [0, 0.05) is 0 Å². The van der Waals surface area contributed by atoms with Crippen molar-refractivity contribution in [3.8, 4) is 0 Å². The predicted octanol–water partition coefficient (Wildman–Crippen LogP) is 0.718. The molecule has 0 heterocycles. The summed E-state index contributed by atoms with van der Waals surface area (Å²) in [5, 5.41) is 16.8. The normalized spacial score (nSPS) is 15.2. The van der Waals surface area contributed by atoms with Crippen molar-refractivity contribution in [1.29, 1.82) is 0 Å². The summed E-state index contributed by atoms with van der Waals surface area (Å²) in [4.78, 5) is 48.8. The summed E-state index contributed by atoms with van der Waals surface area (Å²) < 4.78 is 0. The number of nitrogens with one attached hydrogen (secondary N) is 3. The van der Waals surface area contributed by atoms with E-state index in [2.05, 4.69) is 16.0 Å². The summed E-state index contributed by atoms with van der Waals surface area (Å²) in [7, 11) is 0. The minimum absolute atomic E-state index is 0.118. The Morgan fingerprint density at radius 2 is 1.33 bits per heavy atom. The molecule has 10 heteroatoms. The lowest BCUT2D eigenvalue weighted by atomic mass is 10.00. The van der Waals surface area contributed by atoms with Crippen LogP contribution >= 0.6 is 11.8 Å². The zero-order valence-electron chi connectivity index (χ0n) is 18.9. The maximum atomic E-state index is 12.9. The summed E-state index contributed by atoms with van der Waals surface area (Å²) in [6.45, 7) is 9.11. The van der Waals surface area contributed by atoms with Crippen LogP contribution in [0, 0.1) is 11.8 Å². The Hall–Kier alpha value is -1.81. The number of rotatable bonds is 14. The topological polar surface area (TPSA) is 151 Å². The fourth-order valence-corrected chi connectivity index (χ4v) is 3.22. The molecule has 30 heavy (non-hydrogen) atoms. The Morgan fingerprint density at radius 1 is 0.833 bits per heavy atom. The van der Waals surface area contributed by atoms with E-state index in [1.165, 1.54) is 18.7 Å². The van der Waals surface area contributed by atoms with E-state index in [0.717, 1.165) is 0 Å². The molecule has 0 aromatic carbocycles. The second-order valence-electron chi connectivity index (χ2n) is 8.34. The van der Waals surface area contributed by atoms with Gasteiger partial charge in [-0.25, -0.2) is 0 Å². The molecule has 0 bridgehead atoms. The molecule has 174 valence electrons. The average Bonchev–Trinajstić information content (AvgIpc) is 2.62. The van der Waals surface area contributed by atoms with E-state index in [0.29, 0.717) is 25.0 Å². The molecule has 9 nitrogen and oxygen atoms in total. The van der Waals surface area contributed by atoms with Crippen LogP contribution < -0.4 is 21.7 Å². The fourth-order valence-electron chi connectivity index (χ4n) is 2.75.